The average Bonchev–Trinajstić information content (AvgIpc) is 2.80. The summed E-state index contributed by atoms with van der Waals surface area (Å²) in [5.74, 6) is -1.82. The van der Waals surface area contributed by atoms with Gasteiger partial charge in [-0.2, -0.15) is 0 Å². The second-order valence-electron chi connectivity index (χ2n) is 7.75. The first-order valence-electron chi connectivity index (χ1n) is 10.5. The largest absolute Gasteiger partial charge is 0.506 e. The molecular weight excluding hydrogens is 479 g/mol. The van der Waals surface area contributed by atoms with Crippen molar-refractivity contribution in [2.75, 3.05) is 30.7 Å². The molecule has 0 aliphatic rings. The minimum absolute atomic E-state index is 0.0378. The minimum Gasteiger partial charge on any atom is -0.506 e. The molecule has 35 heavy (non-hydrogen) atoms. The van der Waals surface area contributed by atoms with Crippen LogP contribution >= 0.6 is 0 Å². The number of benzene rings is 3. The van der Waals surface area contributed by atoms with Crippen LogP contribution in [0.3, 0.4) is 0 Å². The summed E-state index contributed by atoms with van der Waals surface area (Å²) < 4.78 is 44.8. The number of aliphatic hydroxyl groups is 1. The molecule has 1 atom stereocenters. The second-order valence-corrected chi connectivity index (χ2v) is 9.50. The fraction of sp³-hybridized carbons (Fsp3) is 0.208. The monoisotopic (exact) mass is 504 g/mol. The molecule has 5 N–H and O–H groups in total. The molecule has 186 valence electrons. The predicted octanol–water partition coefficient (Wildman–Crippen LogP) is 2.97. The van der Waals surface area contributed by atoms with E-state index in [1.165, 1.54) is 42.5 Å². The first kappa shape index (κ1) is 25.9. The Morgan fingerprint density at radius 2 is 1.74 bits per heavy atom. The van der Waals surface area contributed by atoms with Gasteiger partial charge in [0, 0.05) is 13.1 Å². The summed E-state index contributed by atoms with van der Waals surface area (Å²) in [4.78, 5) is 10.9. The molecule has 0 bridgehead atoms. The van der Waals surface area contributed by atoms with Crippen molar-refractivity contribution in [3.8, 4) is 22.6 Å². The van der Waals surface area contributed by atoms with E-state index in [4.69, 9.17) is 9.84 Å². The maximum absolute atomic E-state index is 14.4. The predicted molar refractivity (Wildman–Crippen MR) is 129 cm³/mol. The quantitative estimate of drug-likeness (QED) is 0.198. The van der Waals surface area contributed by atoms with Crippen molar-refractivity contribution in [2.45, 2.75) is 6.10 Å². The number of halogens is 1. The first-order valence-corrected chi connectivity index (χ1v) is 12.4. The number of carboxylic acids is 1. The van der Waals surface area contributed by atoms with Crippen molar-refractivity contribution in [3.63, 3.8) is 0 Å². The molecule has 0 radical (unpaired) electrons. The maximum Gasteiger partial charge on any atom is 0.335 e. The standard InChI is InChI=1S/C24H25FN2O7S/c1-35(32,33)27-20-13-18(6-8-21(20)28)22(29)14-26-10-11-34-23-9-7-17(12-19(23)25)15-2-4-16(5-3-15)24(30)31/h2-9,12-13,22,26-29H,10-11,14H2,1H3,(H,30,31)/t22-/m0/s1. The lowest BCUT2D eigenvalue weighted by Gasteiger charge is -2.15. The van der Waals surface area contributed by atoms with Gasteiger partial charge >= 0.3 is 5.97 Å². The van der Waals surface area contributed by atoms with Gasteiger partial charge in [-0.3, -0.25) is 4.72 Å². The van der Waals surface area contributed by atoms with Crippen molar-refractivity contribution in [1.29, 1.82) is 0 Å². The highest BCUT2D eigenvalue weighted by atomic mass is 32.2. The lowest BCUT2D eigenvalue weighted by Crippen LogP contribution is -2.26. The van der Waals surface area contributed by atoms with Crippen LogP contribution in [0.4, 0.5) is 10.1 Å². The summed E-state index contributed by atoms with van der Waals surface area (Å²) in [6.45, 7) is 0.522. The number of carboxylic acid groups (broad SMARTS) is 1. The van der Waals surface area contributed by atoms with Gasteiger partial charge in [0.25, 0.3) is 0 Å². The number of aromatic hydroxyl groups is 1. The molecular formula is C24H25FN2O7S. The van der Waals surface area contributed by atoms with E-state index in [2.05, 4.69) is 10.0 Å². The zero-order valence-electron chi connectivity index (χ0n) is 18.7. The minimum atomic E-state index is -3.60. The number of hydrogen-bond donors (Lipinski definition) is 5. The number of sulfonamides is 1. The van der Waals surface area contributed by atoms with Gasteiger partial charge in [-0.1, -0.05) is 24.3 Å². The molecule has 3 rings (SSSR count). The summed E-state index contributed by atoms with van der Waals surface area (Å²) >= 11 is 0. The molecule has 0 aromatic heterocycles. The van der Waals surface area contributed by atoms with E-state index in [-0.39, 0.29) is 35.9 Å². The van der Waals surface area contributed by atoms with Gasteiger partial charge in [-0.05, 0) is 53.1 Å². The van der Waals surface area contributed by atoms with Crippen LogP contribution in [0.1, 0.15) is 22.0 Å². The number of phenols is 1. The zero-order chi connectivity index (χ0) is 25.6. The van der Waals surface area contributed by atoms with Gasteiger partial charge in [0.15, 0.2) is 11.6 Å². The molecule has 0 aliphatic carbocycles. The van der Waals surface area contributed by atoms with Crippen molar-refractivity contribution in [2.24, 2.45) is 0 Å². The summed E-state index contributed by atoms with van der Waals surface area (Å²) in [5.41, 5.74) is 1.74. The normalized spacial score (nSPS) is 12.2. The highest BCUT2D eigenvalue weighted by Crippen LogP contribution is 2.28. The number of rotatable bonds is 11. The summed E-state index contributed by atoms with van der Waals surface area (Å²) in [6, 6.07) is 14.6. The Balaban J connectivity index is 1.49. The van der Waals surface area contributed by atoms with Gasteiger partial charge in [0.1, 0.15) is 12.4 Å². The van der Waals surface area contributed by atoms with Gasteiger partial charge in [0.05, 0.1) is 23.6 Å². The number of carbonyl (C=O) groups is 1. The third kappa shape index (κ3) is 7.41. The van der Waals surface area contributed by atoms with Crippen LogP contribution < -0.4 is 14.8 Å². The van der Waals surface area contributed by atoms with Crippen molar-refractivity contribution in [1.82, 2.24) is 5.32 Å². The smallest absolute Gasteiger partial charge is 0.335 e. The molecule has 0 aliphatic heterocycles. The highest BCUT2D eigenvalue weighted by molar-refractivity contribution is 7.92. The van der Waals surface area contributed by atoms with Crippen LogP contribution in [0.15, 0.2) is 60.7 Å². The van der Waals surface area contributed by atoms with Gasteiger partial charge in [0.2, 0.25) is 10.0 Å². The average molecular weight is 505 g/mol. The zero-order valence-corrected chi connectivity index (χ0v) is 19.5. The van der Waals surface area contributed by atoms with Crippen molar-refractivity contribution >= 4 is 21.7 Å². The summed E-state index contributed by atoms with van der Waals surface area (Å²) in [5, 5.41) is 32.0. The van der Waals surface area contributed by atoms with E-state index >= 15 is 0 Å². The number of aromatic carboxylic acids is 1. The van der Waals surface area contributed by atoms with E-state index in [0.29, 0.717) is 23.2 Å². The van der Waals surface area contributed by atoms with E-state index < -0.39 is 27.9 Å². The molecule has 0 heterocycles. The molecule has 0 unspecified atom stereocenters. The Bertz CT molecular complexity index is 1300. The Labute approximate surface area is 201 Å². The fourth-order valence-corrected chi connectivity index (χ4v) is 3.80. The number of ether oxygens (including phenoxy) is 1. The fourth-order valence-electron chi connectivity index (χ4n) is 3.23. The molecule has 3 aromatic rings. The first-order chi connectivity index (χ1) is 16.5. The van der Waals surface area contributed by atoms with Gasteiger partial charge < -0.3 is 25.4 Å². The Morgan fingerprint density at radius 3 is 2.37 bits per heavy atom. The second kappa shape index (κ2) is 11.2. The molecule has 0 saturated carbocycles. The van der Waals surface area contributed by atoms with Gasteiger partial charge in [-0.15, -0.1) is 0 Å². The molecule has 9 nitrogen and oxygen atoms in total. The van der Waals surface area contributed by atoms with Crippen LogP contribution in [0, 0.1) is 5.82 Å². The summed E-state index contributed by atoms with van der Waals surface area (Å²) in [6.07, 6.45) is -0.0364. The Morgan fingerprint density at radius 1 is 1.06 bits per heavy atom. The SMILES string of the molecule is CS(=O)(=O)Nc1cc([C@@H](O)CNCCOc2ccc(-c3ccc(C(=O)O)cc3)cc2F)ccc1O. The molecule has 0 amide bonds. The number of phenolic OH excluding ortho intramolecular Hbond substituents is 1. The lowest BCUT2D eigenvalue weighted by atomic mass is 10.0. The topological polar surface area (TPSA) is 145 Å². The Hall–Kier alpha value is -3.67. The molecule has 0 saturated heterocycles. The molecule has 11 heteroatoms. The van der Waals surface area contributed by atoms with E-state index in [1.54, 1.807) is 18.2 Å². The number of hydrogen-bond acceptors (Lipinski definition) is 7. The van der Waals surface area contributed by atoms with Crippen LogP contribution in [0.5, 0.6) is 11.5 Å². The Kier molecular flexibility index (Phi) is 8.28. The molecule has 3 aromatic carbocycles. The maximum atomic E-state index is 14.4. The van der Waals surface area contributed by atoms with Crippen LogP contribution in [0.25, 0.3) is 11.1 Å². The number of aliphatic hydroxyl groups excluding tert-OH is 1. The third-order valence-electron chi connectivity index (χ3n) is 4.97. The number of anilines is 1. The van der Waals surface area contributed by atoms with Crippen LogP contribution in [-0.4, -0.2) is 55.7 Å². The highest BCUT2D eigenvalue weighted by Gasteiger charge is 2.13. The van der Waals surface area contributed by atoms with E-state index in [0.717, 1.165) is 6.26 Å². The number of nitrogens with one attached hydrogen (secondary N) is 2. The third-order valence-corrected chi connectivity index (χ3v) is 5.56. The lowest BCUT2D eigenvalue weighted by molar-refractivity contribution is 0.0697. The molecule has 0 fully saturated rings. The molecule has 0 spiro atoms. The van der Waals surface area contributed by atoms with Crippen LogP contribution in [-0.2, 0) is 10.0 Å². The van der Waals surface area contributed by atoms with Crippen molar-refractivity contribution < 1.29 is 37.7 Å². The van der Waals surface area contributed by atoms with Crippen molar-refractivity contribution in [3.05, 3.63) is 77.6 Å². The van der Waals surface area contributed by atoms with E-state index in [1.807, 2.05) is 0 Å². The van der Waals surface area contributed by atoms with Gasteiger partial charge in [-0.25, -0.2) is 17.6 Å². The summed E-state index contributed by atoms with van der Waals surface area (Å²) in [7, 11) is -3.60. The van der Waals surface area contributed by atoms with E-state index in [9.17, 15) is 27.8 Å². The van der Waals surface area contributed by atoms with Crippen LogP contribution in [0.2, 0.25) is 0 Å².